The average molecular weight is 345 g/mol. The molecule has 0 bridgehead atoms. The van der Waals surface area contributed by atoms with Crippen LogP contribution in [-0.2, 0) is 4.79 Å². The maximum Gasteiger partial charge on any atom is 0.253 e. The number of carbonyl (C=O) groups is 2. The molecule has 1 saturated heterocycles. The molecule has 1 aliphatic heterocycles. The van der Waals surface area contributed by atoms with E-state index in [4.69, 9.17) is 5.73 Å². The maximum atomic E-state index is 12.8. The van der Waals surface area contributed by atoms with Gasteiger partial charge in [-0.25, -0.2) is 0 Å². The molecule has 1 heterocycles. The van der Waals surface area contributed by atoms with Crippen LogP contribution in [0.1, 0.15) is 50.4 Å². The zero-order valence-corrected chi connectivity index (χ0v) is 15.6. The Labute approximate surface area is 151 Å². The standard InChI is InChI=1S/C20H31N3O2/c1-4-12-23(19(24)15(2)16(3)21)18-10-13-22(14-11-18)20(25)17-8-6-5-7-9-17/h5-9,15-16,18H,4,10-14,21H2,1-3H3. The van der Waals surface area contributed by atoms with Gasteiger partial charge in [-0.1, -0.05) is 32.0 Å². The zero-order valence-electron chi connectivity index (χ0n) is 15.6. The van der Waals surface area contributed by atoms with Crippen molar-refractivity contribution < 1.29 is 9.59 Å². The van der Waals surface area contributed by atoms with Crippen molar-refractivity contribution >= 4 is 11.8 Å². The molecule has 0 radical (unpaired) electrons. The Morgan fingerprint density at radius 3 is 2.32 bits per heavy atom. The van der Waals surface area contributed by atoms with Crippen molar-refractivity contribution in [1.82, 2.24) is 9.80 Å². The Kier molecular flexibility index (Phi) is 7.00. The van der Waals surface area contributed by atoms with Crippen molar-refractivity contribution in [3.8, 4) is 0 Å². The van der Waals surface area contributed by atoms with Gasteiger partial charge in [0.05, 0.1) is 5.92 Å². The molecule has 2 unspecified atom stereocenters. The second kappa shape index (κ2) is 8.99. The van der Waals surface area contributed by atoms with Gasteiger partial charge in [-0.2, -0.15) is 0 Å². The van der Waals surface area contributed by atoms with Crippen molar-refractivity contribution in [2.45, 2.75) is 52.1 Å². The predicted octanol–water partition coefficient (Wildman–Crippen LogP) is 2.51. The molecule has 5 nitrogen and oxygen atoms in total. The van der Waals surface area contributed by atoms with E-state index in [1.807, 2.05) is 54.0 Å². The van der Waals surface area contributed by atoms with Crippen molar-refractivity contribution in [3.63, 3.8) is 0 Å². The Hall–Kier alpha value is -1.88. The number of amides is 2. The second-order valence-corrected chi connectivity index (χ2v) is 7.07. The minimum absolute atomic E-state index is 0.0800. The van der Waals surface area contributed by atoms with E-state index >= 15 is 0 Å². The van der Waals surface area contributed by atoms with Crippen LogP contribution in [0.25, 0.3) is 0 Å². The van der Waals surface area contributed by atoms with Crippen LogP contribution in [0.3, 0.4) is 0 Å². The van der Waals surface area contributed by atoms with E-state index in [9.17, 15) is 9.59 Å². The summed E-state index contributed by atoms with van der Waals surface area (Å²) in [7, 11) is 0. The number of nitrogens with two attached hydrogens (primary N) is 1. The minimum atomic E-state index is -0.171. The molecule has 1 aliphatic rings. The molecule has 1 fully saturated rings. The highest BCUT2D eigenvalue weighted by molar-refractivity contribution is 5.94. The van der Waals surface area contributed by atoms with Gasteiger partial charge in [-0.3, -0.25) is 9.59 Å². The fraction of sp³-hybridized carbons (Fsp3) is 0.600. The molecule has 5 heteroatoms. The van der Waals surface area contributed by atoms with Crippen LogP contribution in [0.4, 0.5) is 0 Å². The van der Waals surface area contributed by atoms with Crippen LogP contribution in [-0.4, -0.2) is 53.3 Å². The summed E-state index contributed by atoms with van der Waals surface area (Å²) in [5, 5.41) is 0. The molecule has 1 aromatic rings. The molecular weight excluding hydrogens is 314 g/mol. The first-order valence-corrected chi connectivity index (χ1v) is 9.36. The molecule has 2 N–H and O–H groups in total. The van der Waals surface area contributed by atoms with Gasteiger partial charge in [-0.05, 0) is 38.3 Å². The van der Waals surface area contributed by atoms with E-state index in [1.165, 1.54) is 0 Å². The summed E-state index contributed by atoms with van der Waals surface area (Å²) in [5.41, 5.74) is 6.66. The fourth-order valence-corrected chi connectivity index (χ4v) is 3.34. The summed E-state index contributed by atoms with van der Waals surface area (Å²) in [5.74, 6) is 0.0524. The van der Waals surface area contributed by atoms with E-state index in [-0.39, 0.29) is 29.8 Å². The smallest absolute Gasteiger partial charge is 0.253 e. The summed E-state index contributed by atoms with van der Waals surface area (Å²) in [6.07, 6.45) is 2.59. The van der Waals surface area contributed by atoms with Gasteiger partial charge in [0.2, 0.25) is 5.91 Å². The van der Waals surface area contributed by atoms with Crippen molar-refractivity contribution in [3.05, 3.63) is 35.9 Å². The Bertz CT molecular complexity index is 566. The molecule has 138 valence electrons. The van der Waals surface area contributed by atoms with Gasteiger partial charge in [-0.15, -0.1) is 0 Å². The summed E-state index contributed by atoms with van der Waals surface area (Å²) in [6.45, 7) is 8.02. The molecule has 2 rings (SSSR count). The normalized spacial score (nSPS) is 17.8. The second-order valence-electron chi connectivity index (χ2n) is 7.07. The third-order valence-corrected chi connectivity index (χ3v) is 5.14. The quantitative estimate of drug-likeness (QED) is 0.861. The number of nitrogens with zero attached hydrogens (tertiary/aromatic N) is 2. The molecule has 2 amide bonds. The first kappa shape index (κ1) is 19.4. The van der Waals surface area contributed by atoms with Gasteiger partial charge < -0.3 is 15.5 Å². The topological polar surface area (TPSA) is 66.6 Å². The van der Waals surface area contributed by atoms with Crippen molar-refractivity contribution in [2.75, 3.05) is 19.6 Å². The van der Waals surface area contributed by atoms with Crippen LogP contribution in [0, 0.1) is 5.92 Å². The van der Waals surface area contributed by atoms with Crippen LogP contribution in [0.2, 0.25) is 0 Å². The summed E-state index contributed by atoms with van der Waals surface area (Å²) in [4.78, 5) is 29.2. The minimum Gasteiger partial charge on any atom is -0.339 e. The number of hydrogen-bond acceptors (Lipinski definition) is 3. The molecule has 0 spiro atoms. The molecule has 2 atom stereocenters. The van der Waals surface area contributed by atoms with Crippen LogP contribution in [0.5, 0.6) is 0 Å². The van der Waals surface area contributed by atoms with Gasteiger partial charge in [0.1, 0.15) is 0 Å². The van der Waals surface area contributed by atoms with Crippen LogP contribution in [0.15, 0.2) is 30.3 Å². The van der Waals surface area contributed by atoms with E-state index in [0.717, 1.165) is 31.4 Å². The molecule has 25 heavy (non-hydrogen) atoms. The Morgan fingerprint density at radius 2 is 1.80 bits per heavy atom. The monoisotopic (exact) mass is 345 g/mol. The lowest BCUT2D eigenvalue weighted by atomic mass is 9.97. The summed E-state index contributed by atoms with van der Waals surface area (Å²) in [6, 6.07) is 9.45. The first-order chi connectivity index (χ1) is 12.0. The van der Waals surface area contributed by atoms with Crippen molar-refractivity contribution in [1.29, 1.82) is 0 Å². The van der Waals surface area contributed by atoms with Gasteiger partial charge in [0.15, 0.2) is 0 Å². The lowest BCUT2D eigenvalue weighted by Crippen LogP contribution is -2.51. The van der Waals surface area contributed by atoms with Gasteiger partial charge in [0, 0.05) is 37.3 Å². The van der Waals surface area contributed by atoms with Crippen molar-refractivity contribution in [2.24, 2.45) is 11.7 Å². The van der Waals surface area contributed by atoms with E-state index in [2.05, 4.69) is 6.92 Å². The number of carbonyl (C=O) groups excluding carboxylic acids is 2. The fourth-order valence-electron chi connectivity index (χ4n) is 3.34. The molecule has 0 aliphatic carbocycles. The third kappa shape index (κ3) is 4.82. The van der Waals surface area contributed by atoms with E-state index < -0.39 is 0 Å². The van der Waals surface area contributed by atoms with E-state index in [0.29, 0.717) is 13.1 Å². The van der Waals surface area contributed by atoms with E-state index in [1.54, 1.807) is 0 Å². The molecular formula is C20H31N3O2. The first-order valence-electron chi connectivity index (χ1n) is 9.36. The lowest BCUT2D eigenvalue weighted by Gasteiger charge is -2.40. The van der Waals surface area contributed by atoms with Crippen LogP contribution >= 0.6 is 0 Å². The largest absolute Gasteiger partial charge is 0.339 e. The van der Waals surface area contributed by atoms with Gasteiger partial charge in [0.25, 0.3) is 5.91 Å². The number of rotatable bonds is 6. The molecule has 0 aromatic heterocycles. The highest BCUT2D eigenvalue weighted by Gasteiger charge is 2.32. The number of piperidine rings is 1. The zero-order chi connectivity index (χ0) is 18.4. The number of benzene rings is 1. The summed E-state index contributed by atoms with van der Waals surface area (Å²) < 4.78 is 0. The summed E-state index contributed by atoms with van der Waals surface area (Å²) >= 11 is 0. The Morgan fingerprint density at radius 1 is 1.20 bits per heavy atom. The lowest BCUT2D eigenvalue weighted by molar-refractivity contribution is -0.138. The third-order valence-electron chi connectivity index (χ3n) is 5.14. The molecule has 1 aromatic carbocycles. The van der Waals surface area contributed by atoms with Gasteiger partial charge >= 0.3 is 0 Å². The highest BCUT2D eigenvalue weighted by Crippen LogP contribution is 2.21. The molecule has 0 saturated carbocycles. The number of likely N-dealkylation sites (tertiary alicyclic amines) is 1. The highest BCUT2D eigenvalue weighted by atomic mass is 16.2. The maximum absolute atomic E-state index is 12.8. The predicted molar refractivity (Wildman–Crippen MR) is 100 cm³/mol. The number of hydrogen-bond donors (Lipinski definition) is 1. The van der Waals surface area contributed by atoms with Crippen LogP contribution < -0.4 is 5.73 Å². The Balaban J connectivity index is 1.98. The SMILES string of the molecule is CCCN(C(=O)C(C)C(C)N)C1CCN(C(=O)c2ccccc2)CC1. The average Bonchev–Trinajstić information content (AvgIpc) is 2.65.